The molecule has 2 fully saturated rings. The van der Waals surface area contributed by atoms with E-state index < -0.39 is 5.82 Å². The van der Waals surface area contributed by atoms with Gasteiger partial charge < -0.3 is 15.4 Å². The van der Waals surface area contributed by atoms with E-state index in [-0.39, 0.29) is 22.6 Å². The minimum absolute atomic E-state index is 0.0470. The molecule has 6 nitrogen and oxygen atoms in total. The highest BCUT2D eigenvalue weighted by molar-refractivity contribution is 6.31. The van der Waals surface area contributed by atoms with Crippen LogP contribution in [0.5, 0.6) is 0 Å². The van der Waals surface area contributed by atoms with Gasteiger partial charge in [0.25, 0.3) is 0 Å². The number of aryl methyl sites for hydroxylation is 1. The zero-order valence-electron chi connectivity index (χ0n) is 17.1. The molecule has 0 amide bonds. The first-order chi connectivity index (χ1) is 14.4. The minimum atomic E-state index is -0.448. The van der Waals surface area contributed by atoms with Gasteiger partial charge in [-0.15, -0.1) is 0 Å². The van der Waals surface area contributed by atoms with E-state index in [0.29, 0.717) is 11.3 Å². The summed E-state index contributed by atoms with van der Waals surface area (Å²) < 4.78 is 22.5. The van der Waals surface area contributed by atoms with Crippen molar-refractivity contribution in [1.82, 2.24) is 14.4 Å². The molecule has 1 aromatic carbocycles. The van der Waals surface area contributed by atoms with Crippen molar-refractivity contribution in [2.24, 2.45) is 11.1 Å². The van der Waals surface area contributed by atoms with Gasteiger partial charge >= 0.3 is 0 Å². The molecule has 0 bridgehead atoms. The Morgan fingerprint density at radius 3 is 2.77 bits per heavy atom. The van der Waals surface area contributed by atoms with E-state index in [1.54, 1.807) is 30.7 Å². The van der Waals surface area contributed by atoms with Gasteiger partial charge in [-0.3, -0.25) is 4.40 Å². The van der Waals surface area contributed by atoms with Crippen LogP contribution in [-0.2, 0) is 4.74 Å². The number of rotatable bonds is 2. The molecular formula is C22H25ClFN5O. The Morgan fingerprint density at radius 2 is 2.07 bits per heavy atom. The highest BCUT2D eigenvalue weighted by Crippen LogP contribution is 2.42. The largest absolute Gasteiger partial charge is 0.376 e. The maximum absolute atomic E-state index is 14.8. The smallest absolute Gasteiger partial charge is 0.154 e. The van der Waals surface area contributed by atoms with E-state index in [1.165, 1.54) is 0 Å². The van der Waals surface area contributed by atoms with Gasteiger partial charge in [0.05, 0.1) is 41.6 Å². The average molecular weight is 430 g/mol. The van der Waals surface area contributed by atoms with Crippen LogP contribution >= 0.6 is 11.6 Å². The lowest BCUT2D eigenvalue weighted by Crippen LogP contribution is -2.50. The second-order valence-corrected chi connectivity index (χ2v) is 8.92. The first-order valence-corrected chi connectivity index (χ1v) is 10.7. The number of aromatic nitrogens is 3. The number of imidazole rings is 1. The van der Waals surface area contributed by atoms with Gasteiger partial charge in [0.1, 0.15) is 5.52 Å². The molecule has 1 spiro atoms. The van der Waals surface area contributed by atoms with Crippen LogP contribution in [0.25, 0.3) is 16.8 Å². The molecule has 3 aromatic rings. The summed E-state index contributed by atoms with van der Waals surface area (Å²) in [6.07, 6.45) is 5.51. The molecule has 2 saturated heterocycles. The Morgan fingerprint density at radius 1 is 1.30 bits per heavy atom. The molecule has 158 valence electrons. The number of ether oxygens (including phenoxy) is 1. The summed E-state index contributed by atoms with van der Waals surface area (Å²) in [6.45, 7) is 6.38. The quantitative estimate of drug-likeness (QED) is 0.670. The van der Waals surface area contributed by atoms with Crippen LogP contribution in [0.2, 0.25) is 5.02 Å². The molecule has 2 N–H and O–H groups in total. The topological polar surface area (TPSA) is 68.7 Å². The number of benzene rings is 1. The lowest BCUT2D eigenvalue weighted by molar-refractivity contribution is 0.0974. The van der Waals surface area contributed by atoms with E-state index in [1.807, 2.05) is 11.3 Å². The number of nitrogens with zero attached hydrogens (tertiary/aromatic N) is 4. The van der Waals surface area contributed by atoms with Crippen molar-refractivity contribution in [2.45, 2.75) is 38.8 Å². The molecule has 30 heavy (non-hydrogen) atoms. The lowest BCUT2D eigenvalue weighted by atomic mass is 9.73. The van der Waals surface area contributed by atoms with Crippen molar-refractivity contribution >= 4 is 22.9 Å². The predicted molar refractivity (Wildman–Crippen MR) is 115 cm³/mol. The van der Waals surface area contributed by atoms with Crippen molar-refractivity contribution in [3.8, 4) is 11.3 Å². The van der Waals surface area contributed by atoms with E-state index in [4.69, 9.17) is 27.1 Å². The molecule has 0 saturated carbocycles. The number of fused-ring (bicyclic) bond motifs is 1. The van der Waals surface area contributed by atoms with Gasteiger partial charge in [-0.25, -0.2) is 14.4 Å². The minimum Gasteiger partial charge on any atom is -0.376 e. The van der Waals surface area contributed by atoms with Crippen molar-refractivity contribution in [3.05, 3.63) is 47.3 Å². The number of halogens is 2. The van der Waals surface area contributed by atoms with Crippen molar-refractivity contribution < 1.29 is 9.13 Å². The summed E-state index contributed by atoms with van der Waals surface area (Å²) in [5, 5.41) is 0.0925. The highest BCUT2D eigenvalue weighted by Gasteiger charge is 2.47. The van der Waals surface area contributed by atoms with E-state index in [0.717, 1.165) is 49.6 Å². The monoisotopic (exact) mass is 429 g/mol. The first-order valence-electron chi connectivity index (χ1n) is 10.3. The zero-order valence-corrected chi connectivity index (χ0v) is 17.9. The Kier molecular flexibility index (Phi) is 4.72. The van der Waals surface area contributed by atoms with Crippen LogP contribution in [0.3, 0.4) is 0 Å². The maximum Gasteiger partial charge on any atom is 0.154 e. The summed E-state index contributed by atoms with van der Waals surface area (Å²) >= 11 is 6.03. The van der Waals surface area contributed by atoms with Gasteiger partial charge in [-0.05, 0) is 38.8 Å². The molecule has 8 heteroatoms. The molecule has 2 aliphatic heterocycles. The van der Waals surface area contributed by atoms with Crippen LogP contribution in [0.4, 0.5) is 10.2 Å². The molecule has 4 heterocycles. The van der Waals surface area contributed by atoms with Crippen LogP contribution in [0, 0.1) is 18.2 Å². The standard InChI is InChI=1S/C22H25ClFN5O/c1-13-19(15-4-3-5-16(23)18(15)24)29-12-26-10-17(29)21(27-13)28-8-6-22(7-9-28)11-30-14(2)20(22)25/h3-5,10,12,14,20H,6-9,11,25H2,1-2H3/t14-,20+/m0/s1. The number of anilines is 1. The molecule has 0 unspecified atom stereocenters. The summed E-state index contributed by atoms with van der Waals surface area (Å²) in [7, 11) is 0. The fourth-order valence-corrected chi connectivity index (χ4v) is 5.14. The van der Waals surface area contributed by atoms with Crippen LogP contribution in [0.1, 0.15) is 25.5 Å². The van der Waals surface area contributed by atoms with Gasteiger partial charge in [0.15, 0.2) is 11.6 Å². The van der Waals surface area contributed by atoms with Crippen LogP contribution < -0.4 is 10.6 Å². The van der Waals surface area contributed by atoms with Crippen molar-refractivity contribution in [2.75, 3.05) is 24.6 Å². The van der Waals surface area contributed by atoms with Crippen LogP contribution in [-0.4, -0.2) is 46.2 Å². The van der Waals surface area contributed by atoms with Crippen LogP contribution in [0.15, 0.2) is 30.7 Å². The van der Waals surface area contributed by atoms with E-state index in [9.17, 15) is 4.39 Å². The number of hydrogen-bond donors (Lipinski definition) is 1. The highest BCUT2D eigenvalue weighted by atomic mass is 35.5. The van der Waals surface area contributed by atoms with Gasteiger partial charge in [0, 0.05) is 30.1 Å². The van der Waals surface area contributed by atoms with Gasteiger partial charge in [-0.1, -0.05) is 17.7 Å². The second kappa shape index (κ2) is 7.18. The fraction of sp³-hybridized carbons (Fsp3) is 0.455. The van der Waals surface area contributed by atoms with E-state index in [2.05, 4.69) is 16.8 Å². The molecule has 2 aromatic heterocycles. The third kappa shape index (κ3) is 2.91. The predicted octanol–water partition coefficient (Wildman–Crippen LogP) is 3.83. The Balaban J connectivity index is 1.52. The summed E-state index contributed by atoms with van der Waals surface area (Å²) in [5.41, 5.74) is 9.18. The third-order valence-corrected chi connectivity index (χ3v) is 7.13. The number of piperidine rings is 1. The Labute approximate surface area is 179 Å². The summed E-state index contributed by atoms with van der Waals surface area (Å²) in [6, 6.07) is 5.08. The number of hydrogen-bond acceptors (Lipinski definition) is 5. The van der Waals surface area contributed by atoms with Crippen molar-refractivity contribution in [1.29, 1.82) is 0 Å². The average Bonchev–Trinajstić information content (AvgIpc) is 3.32. The number of nitrogens with two attached hydrogens (primary N) is 1. The van der Waals surface area contributed by atoms with Crippen molar-refractivity contribution in [3.63, 3.8) is 0 Å². The maximum atomic E-state index is 14.8. The van der Waals surface area contributed by atoms with Gasteiger partial charge in [0.2, 0.25) is 0 Å². The third-order valence-electron chi connectivity index (χ3n) is 6.84. The molecule has 5 rings (SSSR count). The molecule has 0 aliphatic carbocycles. The lowest BCUT2D eigenvalue weighted by Gasteiger charge is -2.41. The van der Waals surface area contributed by atoms with E-state index >= 15 is 0 Å². The molecule has 2 aliphatic rings. The summed E-state index contributed by atoms with van der Waals surface area (Å²) in [4.78, 5) is 11.5. The normalized spacial score (nSPS) is 23.6. The van der Waals surface area contributed by atoms with Gasteiger partial charge in [-0.2, -0.15) is 0 Å². The summed E-state index contributed by atoms with van der Waals surface area (Å²) in [5.74, 6) is 0.419. The Bertz CT molecular complexity index is 1110. The molecule has 0 radical (unpaired) electrons. The fourth-order valence-electron chi connectivity index (χ4n) is 4.96. The SMILES string of the molecule is Cc1nc(N2CCC3(CC2)CO[C@@H](C)[C@H]3N)c2cncn2c1-c1cccc(Cl)c1F. The first kappa shape index (κ1) is 19.7. The molecule has 2 atom stereocenters. The second-order valence-electron chi connectivity index (χ2n) is 8.51. The molecular weight excluding hydrogens is 405 g/mol. The Hall–Kier alpha value is -2.22. The zero-order chi connectivity index (χ0) is 21.0.